The summed E-state index contributed by atoms with van der Waals surface area (Å²) in [5, 5.41) is 14.8. The summed E-state index contributed by atoms with van der Waals surface area (Å²) < 4.78 is 23.4. The van der Waals surface area contributed by atoms with Gasteiger partial charge in [-0.2, -0.15) is 0 Å². The summed E-state index contributed by atoms with van der Waals surface area (Å²) in [5.41, 5.74) is 2.95. The zero-order valence-electron chi connectivity index (χ0n) is 15.4. The highest BCUT2D eigenvalue weighted by Gasteiger charge is 2.40. The summed E-state index contributed by atoms with van der Waals surface area (Å²) in [4.78, 5) is 2.58. The number of halogens is 2. The van der Waals surface area contributed by atoms with Crippen LogP contribution in [0.3, 0.4) is 0 Å². The molecule has 0 bridgehead atoms. The number of aliphatic hydroxyl groups excluding tert-OH is 1. The molecule has 5 nitrogen and oxygen atoms in total. The summed E-state index contributed by atoms with van der Waals surface area (Å²) in [6, 6.07) is 10.5. The van der Waals surface area contributed by atoms with Gasteiger partial charge in [-0.15, -0.1) is 0 Å². The average Bonchev–Trinajstić information content (AvgIpc) is 3.19. The molecular formula is C20H22Cl2N2O3S. The van der Waals surface area contributed by atoms with Gasteiger partial charge in [0, 0.05) is 41.1 Å². The van der Waals surface area contributed by atoms with Gasteiger partial charge in [0.1, 0.15) is 0 Å². The van der Waals surface area contributed by atoms with Crippen LogP contribution >= 0.6 is 23.2 Å². The number of nitrogens with one attached hydrogen (secondary N) is 1. The van der Waals surface area contributed by atoms with Crippen LogP contribution in [0.1, 0.15) is 23.6 Å². The van der Waals surface area contributed by atoms with Gasteiger partial charge in [-0.05, 0) is 60.4 Å². The molecule has 2 aromatic rings. The molecule has 0 saturated carbocycles. The number of hydrogen-bond donors (Lipinski definition) is 2. The van der Waals surface area contributed by atoms with Crippen molar-refractivity contribution in [3.8, 4) is 0 Å². The first-order valence-electron chi connectivity index (χ1n) is 9.19. The smallest absolute Gasteiger partial charge is 0.175 e. The molecule has 8 heteroatoms. The molecule has 1 heterocycles. The molecule has 0 radical (unpaired) electrons. The number of nitrogens with zero attached hydrogens (tertiary/aromatic N) is 1. The minimum Gasteiger partial charge on any atom is -0.392 e. The van der Waals surface area contributed by atoms with Crippen LogP contribution in [0.15, 0.2) is 41.3 Å². The molecule has 3 atom stereocenters. The lowest BCUT2D eigenvalue weighted by Gasteiger charge is -2.31. The number of likely N-dealkylation sites (tertiary alicyclic amines) is 1. The minimum absolute atomic E-state index is 0.0550. The van der Waals surface area contributed by atoms with Crippen LogP contribution < -0.4 is 5.32 Å². The molecule has 0 aromatic heterocycles. The molecule has 1 aliphatic carbocycles. The summed E-state index contributed by atoms with van der Waals surface area (Å²) >= 11 is 12.7. The summed E-state index contributed by atoms with van der Waals surface area (Å²) in [7, 11) is -3.24. The maximum atomic E-state index is 11.7. The first-order chi connectivity index (χ1) is 13.2. The van der Waals surface area contributed by atoms with Crippen molar-refractivity contribution in [3.63, 3.8) is 0 Å². The van der Waals surface area contributed by atoms with Crippen molar-refractivity contribution in [2.45, 2.75) is 35.9 Å². The Morgan fingerprint density at radius 2 is 1.89 bits per heavy atom. The number of aliphatic hydroxyl groups is 1. The van der Waals surface area contributed by atoms with Gasteiger partial charge < -0.3 is 10.4 Å². The molecule has 2 N–H and O–H groups in total. The van der Waals surface area contributed by atoms with Gasteiger partial charge in [0.2, 0.25) is 0 Å². The largest absolute Gasteiger partial charge is 0.392 e. The van der Waals surface area contributed by atoms with Crippen molar-refractivity contribution in [2.75, 3.05) is 24.7 Å². The van der Waals surface area contributed by atoms with E-state index >= 15 is 0 Å². The van der Waals surface area contributed by atoms with Crippen LogP contribution in [0.25, 0.3) is 0 Å². The van der Waals surface area contributed by atoms with Gasteiger partial charge in [-0.25, -0.2) is 8.42 Å². The Morgan fingerprint density at radius 3 is 2.50 bits per heavy atom. The van der Waals surface area contributed by atoms with Gasteiger partial charge in [0.05, 0.1) is 17.0 Å². The zero-order chi connectivity index (χ0) is 20.1. The predicted octanol–water partition coefficient (Wildman–Crippen LogP) is 3.54. The summed E-state index contributed by atoms with van der Waals surface area (Å²) in [6.07, 6.45) is 2.42. The van der Waals surface area contributed by atoms with Crippen molar-refractivity contribution in [1.29, 1.82) is 0 Å². The van der Waals surface area contributed by atoms with Crippen LogP contribution in [-0.4, -0.2) is 49.9 Å². The molecule has 1 saturated heterocycles. The second kappa shape index (κ2) is 7.50. The van der Waals surface area contributed by atoms with Crippen molar-refractivity contribution >= 4 is 38.7 Å². The van der Waals surface area contributed by atoms with E-state index in [-0.39, 0.29) is 23.1 Å². The second-order valence-corrected chi connectivity index (χ2v) is 10.4. The van der Waals surface area contributed by atoms with Crippen molar-refractivity contribution in [3.05, 3.63) is 57.6 Å². The molecule has 4 rings (SSSR count). The molecule has 0 unspecified atom stereocenters. The Balaban J connectivity index is 1.67. The fourth-order valence-electron chi connectivity index (χ4n) is 4.21. The Bertz CT molecular complexity index is 995. The fourth-order valence-corrected chi connectivity index (χ4v) is 5.43. The third-order valence-electron chi connectivity index (χ3n) is 5.60. The van der Waals surface area contributed by atoms with Crippen LogP contribution in [0.5, 0.6) is 0 Å². The lowest BCUT2D eigenvalue weighted by Crippen LogP contribution is -2.39. The predicted molar refractivity (Wildman–Crippen MR) is 112 cm³/mol. The molecule has 1 aliphatic heterocycles. The number of fused-ring (bicyclic) bond motifs is 1. The van der Waals surface area contributed by atoms with Crippen molar-refractivity contribution < 1.29 is 13.5 Å². The van der Waals surface area contributed by atoms with Crippen LogP contribution in [0.2, 0.25) is 10.0 Å². The quantitative estimate of drug-likeness (QED) is 0.760. The number of β-amino-alcohol motifs (C(OH)–C–C–N with tert-alkyl or cyclic N) is 1. The van der Waals surface area contributed by atoms with E-state index in [1.165, 1.54) is 6.26 Å². The van der Waals surface area contributed by atoms with Crippen LogP contribution in [0.4, 0.5) is 5.69 Å². The lowest BCUT2D eigenvalue weighted by atomic mass is 10.1. The van der Waals surface area contributed by atoms with E-state index in [2.05, 4.69) is 10.2 Å². The molecule has 2 aliphatic rings. The second-order valence-electron chi connectivity index (χ2n) is 7.58. The van der Waals surface area contributed by atoms with Crippen LogP contribution in [0, 0.1) is 0 Å². The van der Waals surface area contributed by atoms with E-state index in [1.807, 2.05) is 6.07 Å². The standard InChI is InChI=1S/C20H22Cl2N2O3S/c1-28(26,27)15-4-2-13(3-5-15)23-20-17-8-12(21)9-18(22)16(17)10-19(20)24-7-6-14(25)11-24/h2-5,8-9,14,19-20,23,25H,6-7,10-11H2,1H3/t14-,19+,20+/m1/s1. The Hall–Kier alpha value is -1.31. The van der Waals surface area contributed by atoms with Gasteiger partial charge >= 0.3 is 0 Å². The number of sulfone groups is 1. The Labute approximate surface area is 175 Å². The number of hydrogen-bond acceptors (Lipinski definition) is 5. The van der Waals surface area contributed by atoms with Gasteiger partial charge in [0.25, 0.3) is 0 Å². The Morgan fingerprint density at radius 1 is 1.18 bits per heavy atom. The number of rotatable bonds is 4. The van der Waals surface area contributed by atoms with E-state index in [0.717, 1.165) is 36.2 Å². The molecule has 28 heavy (non-hydrogen) atoms. The van der Waals surface area contributed by atoms with E-state index < -0.39 is 9.84 Å². The SMILES string of the molecule is CS(=O)(=O)c1ccc(N[C@H]2c3cc(Cl)cc(Cl)c3C[C@@H]2N2CC[C@@H](O)C2)cc1. The monoisotopic (exact) mass is 440 g/mol. The highest BCUT2D eigenvalue weighted by Crippen LogP contribution is 2.42. The van der Waals surface area contributed by atoms with E-state index in [1.54, 1.807) is 30.3 Å². The van der Waals surface area contributed by atoms with E-state index in [0.29, 0.717) is 16.6 Å². The topological polar surface area (TPSA) is 69.6 Å². The first kappa shape index (κ1) is 20.0. The van der Waals surface area contributed by atoms with Gasteiger partial charge in [-0.3, -0.25) is 4.90 Å². The Kier molecular flexibility index (Phi) is 5.35. The highest BCUT2D eigenvalue weighted by molar-refractivity contribution is 7.90. The highest BCUT2D eigenvalue weighted by atomic mass is 35.5. The normalized spacial score (nSPS) is 25.1. The average molecular weight is 441 g/mol. The van der Waals surface area contributed by atoms with E-state index in [9.17, 15) is 13.5 Å². The summed E-state index contributed by atoms with van der Waals surface area (Å²) in [5.74, 6) is 0. The zero-order valence-corrected chi connectivity index (χ0v) is 17.7. The fraction of sp³-hybridized carbons (Fsp3) is 0.400. The maximum absolute atomic E-state index is 11.7. The summed E-state index contributed by atoms with van der Waals surface area (Å²) in [6.45, 7) is 1.46. The third-order valence-corrected chi connectivity index (χ3v) is 7.28. The molecule has 150 valence electrons. The molecule has 1 fully saturated rings. The number of benzene rings is 2. The van der Waals surface area contributed by atoms with Crippen LogP contribution in [-0.2, 0) is 16.3 Å². The molecule has 2 aromatic carbocycles. The minimum atomic E-state index is -3.24. The molecular weight excluding hydrogens is 419 g/mol. The maximum Gasteiger partial charge on any atom is 0.175 e. The van der Waals surface area contributed by atoms with Crippen molar-refractivity contribution in [2.24, 2.45) is 0 Å². The van der Waals surface area contributed by atoms with Gasteiger partial charge in [0.15, 0.2) is 9.84 Å². The van der Waals surface area contributed by atoms with Gasteiger partial charge in [-0.1, -0.05) is 23.2 Å². The first-order valence-corrected chi connectivity index (χ1v) is 11.8. The van der Waals surface area contributed by atoms with Crippen molar-refractivity contribution in [1.82, 2.24) is 4.90 Å². The van der Waals surface area contributed by atoms with E-state index in [4.69, 9.17) is 23.2 Å². The number of anilines is 1. The molecule has 0 amide bonds. The third kappa shape index (κ3) is 3.89. The molecule has 0 spiro atoms. The lowest BCUT2D eigenvalue weighted by molar-refractivity contribution is 0.155.